The quantitative estimate of drug-likeness (QED) is 0.279. The van der Waals surface area contributed by atoms with Crippen LogP contribution in [0.25, 0.3) is 0 Å². The number of nitro benzene ring substituents is 1. The summed E-state index contributed by atoms with van der Waals surface area (Å²) in [5, 5.41) is 11.4. The number of hydrogen-bond acceptors (Lipinski definition) is 6. The Morgan fingerprint density at radius 1 is 1.20 bits per heavy atom. The number of esters is 1. The van der Waals surface area contributed by atoms with E-state index in [1.54, 1.807) is 32.9 Å². The first-order chi connectivity index (χ1) is 16.7. The Morgan fingerprint density at radius 3 is 2.57 bits per heavy atom. The number of non-ortho nitro benzene ring substituents is 1. The molecule has 0 saturated heterocycles. The molecule has 1 aliphatic heterocycles. The summed E-state index contributed by atoms with van der Waals surface area (Å²) in [6.07, 6.45) is 0.292. The summed E-state index contributed by atoms with van der Waals surface area (Å²) in [6, 6.07) is 15.0. The monoisotopic (exact) mass is 480 g/mol. The van der Waals surface area contributed by atoms with Gasteiger partial charge in [0.25, 0.3) is 5.69 Å². The fourth-order valence-electron chi connectivity index (χ4n) is 4.33. The van der Waals surface area contributed by atoms with Crippen LogP contribution in [0.2, 0.25) is 0 Å². The van der Waals surface area contributed by atoms with Crippen molar-refractivity contribution in [2.45, 2.75) is 45.9 Å². The van der Waals surface area contributed by atoms with Gasteiger partial charge in [-0.2, -0.15) is 0 Å². The fourth-order valence-corrected chi connectivity index (χ4v) is 4.33. The predicted molar refractivity (Wildman–Crippen MR) is 133 cm³/mol. The molecule has 0 saturated carbocycles. The second-order valence-corrected chi connectivity index (χ2v) is 9.07. The SMILES string of the molecule is CC1=NC(=O)N(CCCN(C)Cc2ccccc2)C(c2cccc([N+](=O)[O-])c2)C1C(=O)OC(C)C. The van der Waals surface area contributed by atoms with Gasteiger partial charge in [0.15, 0.2) is 0 Å². The van der Waals surface area contributed by atoms with E-state index in [2.05, 4.69) is 22.0 Å². The smallest absolute Gasteiger partial charge is 0.344 e. The minimum Gasteiger partial charge on any atom is -0.462 e. The minimum atomic E-state index is -0.848. The Morgan fingerprint density at radius 2 is 1.91 bits per heavy atom. The van der Waals surface area contributed by atoms with Crippen LogP contribution in [0.4, 0.5) is 10.5 Å². The van der Waals surface area contributed by atoms with Crippen LogP contribution in [0.1, 0.15) is 44.4 Å². The van der Waals surface area contributed by atoms with Crippen LogP contribution in [0.5, 0.6) is 0 Å². The zero-order chi connectivity index (χ0) is 25.5. The third kappa shape index (κ3) is 6.73. The summed E-state index contributed by atoms with van der Waals surface area (Å²) < 4.78 is 5.48. The van der Waals surface area contributed by atoms with Gasteiger partial charge < -0.3 is 14.5 Å². The Labute approximate surface area is 205 Å². The van der Waals surface area contributed by atoms with Gasteiger partial charge in [-0.15, -0.1) is 0 Å². The van der Waals surface area contributed by atoms with Crippen molar-refractivity contribution >= 4 is 23.4 Å². The van der Waals surface area contributed by atoms with Gasteiger partial charge in [-0.05, 0) is 51.9 Å². The Hall–Kier alpha value is -3.59. The molecule has 0 radical (unpaired) electrons. The summed E-state index contributed by atoms with van der Waals surface area (Å²) in [5.41, 5.74) is 1.93. The van der Waals surface area contributed by atoms with Gasteiger partial charge >= 0.3 is 12.0 Å². The molecule has 3 rings (SSSR count). The molecule has 1 heterocycles. The number of urea groups is 1. The number of carbonyl (C=O) groups excluding carboxylic acids is 2. The van der Waals surface area contributed by atoms with E-state index in [1.807, 2.05) is 25.2 Å². The summed E-state index contributed by atoms with van der Waals surface area (Å²) in [5.74, 6) is -1.35. The van der Waals surface area contributed by atoms with E-state index in [1.165, 1.54) is 22.6 Å². The van der Waals surface area contributed by atoms with Crippen molar-refractivity contribution in [3.63, 3.8) is 0 Å². The van der Waals surface area contributed by atoms with Crippen molar-refractivity contribution in [1.82, 2.24) is 9.80 Å². The van der Waals surface area contributed by atoms with Crippen LogP contribution in [-0.4, -0.2) is 58.7 Å². The van der Waals surface area contributed by atoms with Gasteiger partial charge in [0.2, 0.25) is 0 Å². The van der Waals surface area contributed by atoms with Gasteiger partial charge in [0, 0.05) is 30.9 Å². The number of carbonyl (C=O) groups is 2. The Bertz CT molecular complexity index is 1090. The first kappa shape index (κ1) is 26.0. The molecule has 0 bridgehead atoms. The number of amides is 2. The number of benzene rings is 2. The molecule has 9 heteroatoms. The topological polar surface area (TPSA) is 105 Å². The molecule has 0 fully saturated rings. The minimum absolute atomic E-state index is 0.103. The molecule has 2 unspecified atom stereocenters. The van der Waals surface area contributed by atoms with E-state index < -0.39 is 28.9 Å². The molecular formula is C26H32N4O5. The largest absolute Gasteiger partial charge is 0.462 e. The zero-order valence-electron chi connectivity index (χ0n) is 20.6. The molecule has 0 aliphatic carbocycles. The third-order valence-electron chi connectivity index (χ3n) is 5.88. The number of aliphatic imine (C=N–C) groups is 1. The van der Waals surface area contributed by atoms with E-state index >= 15 is 0 Å². The normalized spacial score (nSPS) is 18.1. The first-order valence-electron chi connectivity index (χ1n) is 11.7. The van der Waals surface area contributed by atoms with E-state index in [4.69, 9.17) is 4.74 Å². The van der Waals surface area contributed by atoms with Crippen molar-refractivity contribution in [2.75, 3.05) is 20.1 Å². The van der Waals surface area contributed by atoms with Crippen molar-refractivity contribution in [2.24, 2.45) is 10.9 Å². The molecule has 2 aromatic carbocycles. The van der Waals surface area contributed by atoms with E-state index in [0.717, 1.165) is 6.54 Å². The third-order valence-corrected chi connectivity index (χ3v) is 5.88. The number of hydrogen-bond donors (Lipinski definition) is 0. The molecule has 2 amide bonds. The summed E-state index contributed by atoms with van der Waals surface area (Å²) in [4.78, 5) is 44.8. The second-order valence-electron chi connectivity index (χ2n) is 9.07. The molecule has 0 aromatic heterocycles. The van der Waals surface area contributed by atoms with Crippen LogP contribution in [0.15, 0.2) is 59.6 Å². The summed E-state index contributed by atoms with van der Waals surface area (Å²) >= 11 is 0. The molecule has 2 atom stereocenters. The Balaban J connectivity index is 1.85. The zero-order valence-corrected chi connectivity index (χ0v) is 20.6. The highest BCUT2D eigenvalue weighted by Gasteiger charge is 2.43. The average molecular weight is 481 g/mol. The lowest BCUT2D eigenvalue weighted by atomic mass is 9.86. The first-order valence-corrected chi connectivity index (χ1v) is 11.7. The molecule has 9 nitrogen and oxygen atoms in total. The summed E-state index contributed by atoms with van der Waals surface area (Å²) in [6.45, 7) is 6.95. The average Bonchev–Trinajstić information content (AvgIpc) is 2.80. The van der Waals surface area contributed by atoms with Crippen LogP contribution in [0.3, 0.4) is 0 Å². The molecular weight excluding hydrogens is 448 g/mol. The highest BCUT2D eigenvalue weighted by atomic mass is 16.6. The fraction of sp³-hybridized carbons (Fsp3) is 0.423. The highest BCUT2D eigenvalue weighted by Crippen LogP contribution is 2.36. The maximum Gasteiger partial charge on any atom is 0.344 e. The van der Waals surface area contributed by atoms with Gasteiger partial charge in [0.05, 0.1) is 17.1 Å². The van der Waals surface area contributed by atoms with E-state index in [-0.39, 0.29) is 11.8 Å². The summed E-state index contributed by atoms with van der Waals surface area (Å²) in [7, 11) is 2.01. The van der Waals surface area contributed by atoms with Crippen molar-refractivity contribution in [3.8, 4) is 0 Å². The van der Waals surface area contributed by atoms with Crippen molar-refractivity contribution < 1.29 is 19.2 Å². The molecule has 1 aliphatic rings. The van der Waals surface area contributed by atoms with Crippen molar-refractivity contribution in [1.29, 1.82) is 0 Å². The van der Waals surface area contributed by atoms with Crippen LogP contribution >= 0.6 is 0 Å². The number of rotatable bonds is 10. The number of ether oxygens (including phenoxy) is 1. The lowest BCUT2D eigenvalue weighted by Crippen LogP contribution is -2.48. The molecule has 0 N–H and O–H groups in total. The van der Waals surface area contributed by atoms with E-state index in [9.17, 15) is 19.7 Å². The maximum absolute atomic E-state index is 13.1. The molecule has 0 spiro atoms. The highest BCUT2D eigenvalue weighted by molar-refractivity contribution is 6.08. The molecule has 35 heavy (non-hydrogen) atoms. The van der Waals surface area contributed by atoms with Gasteiger partial charge in [-0.3, -0.25) is 14.9 Å². The van der Waals surface area contributed by atoms with Crippen LogP contribution in [0, 0.1) is 16.0 Å². The van der Waals surface area contributed by atoms with Gasteiger partial charge in [0.1, 0.15) is 5.92 Å². The van der Waals surface area contributed by atoms with Gasteiger partial charge in [-0.25, -0.2) is 9.79 Å². The number of nitrogens with zero attached hydrogens (tertiary/aromatic N) is 4. The maximum atomic E-state index is 13.1. The second kappa shape index (κ2) is 11.7. The van der Waals surface area contributed by atoms with Gasteiger partial charge in [-0.1, -0.05) is 42.5 Å². The standard InChI is InChI=1S/C26H32N4O5/c1-18(2)35-25(31)23-19(3)27-26(32)29(24(23)21-12-8-13-22(16-21)30(33)34)15-9-14-28(4)17-20-10-6-5-7-11-20/h5-8,10-13,16,18,23-24H,9,14-15,17H2,1-4H3. The van der Waals surface area contributed by atoms with Crippen LogP contribution in [-0.2, 0) is 16.1 Å². The van der Waals surface area contributed by atoms with Crippen molar-refractivity contribution in [3.05, 3.63) is 75.8 Å². The Kier molecular flexibility index (Phi) is 8.70. The lowest BCUT2D eigenvalue weighted by molar-refractivity contribution is -0.385. The predicted octanol–water partition coefficient (Wildman–Crippen LogP) is 4.62. The molecule has 186 valence electrons. The number of nitro groups is 1. The van der Waals surface area contributed by atoms with E-state index in [0.29, 0.717) is 30.8 Å². The lowest BCUT2D eigenvalue weighted by Gasteiger charge is -2.39. The molecule has 2 aromatic rings. The van der Waals surface area contributed by atoms with Crippen LogP contribution < -0.4 is 0 Å².